The maximum absolute atomic E-state index is 12.1. The van der Waals surface area contributed by atoms with Gasteiger partial charge in [-0.1, -0.05) is 20.8 Å². The zero-order chi connectivity index (χ0) is 18.6. The number of hydrogen-bond donors (Lipinski definition) is 2. The van der Waals surface area contributed by atoms with E-state index in [1.54, 1.807) is 19.2 Å². The summed E-state index contributed by atoms with van der Waals surface area (Å²) in [6.45, 7) is 5.90. The molecule has 0 aromatic heterocycles. The Morgan fingerprint density at radius 2 is 2.04 bits per heavy atom. The number of nitrogens with one attached hydrogen (secondary N) is 2. The van der Waals surface area contributed by atoms with Crippen molar-refractivity contribution in [2.75, 3.05) is 13.7 Å². The molecule has 1 saturated heterocycles. The number of imide groups is 1. The molecular weight excluding hydrogens is 324 g/mol. The Bertz CT molecular complexity index is 679. The van der Waals surface area contributed by atoms with E-state index in [1.807, 2.05) is 26.8 Å². The van der Waals surface area contributed by atoms with E-state index < -0.39 is 17.9 Å². The summed E-state index contributed by atoms with van der Waals surface area (Å²) in [6, 6.07) is 4.71. The minimum atomic E-state index is -0.702. The molecule has 2 rings (SSSR count). The molecule has 3 amide bonds. The van der Waals surface area contributed by atoms with Gasteiger partial charge in [-0.05, 0) is 30.0 Å². The standard InChI is InChI=1S/C18H24N2O5/c1-18(2,3)12-9-11(24-4)5-7-14(12)25-10-16(22)19-13-6-8-15(21)20-17(13)23/h5,7,9,13H,6,8,10H2,1-4H3,(H,19,22)(H,20,21,23). The summed E-state index contributed by atoms with van der Waals surface area (Å²) in [5, 5.41) is 4.79. The topological polar surface area (TPSA) is 93.7 Å². The molecule has 0 aliphatic carbocycles. The normalized spacial score (nSPS) is 17.7. The van der Waals surface area contributed by atoms with Crippen molar-refractivity contribution >= 4 is 17.7 Å². The van der Waals surface area contributed by atoms with Crippen LogP contribution >= 0.6 is 0 Å². The van der Waals surface area contributed by atoms with E-state index in [1.165, 1.54) is 0 Å². The lowest BCUT2D eigenvalue weighted by molar-refractivity contribution is -0.137. The van der Waals surface area contributed by atoms with Crippen LogP contribution in [0.1, 0.15) is 39.2 Å². The van der Waals surface area contributed by atoms with E-state index in [0.29, 0.717) is 17.9 Å². The van der Waals surface area contributed by atoms with Crippen molar-refractivity contribution < 1.29 is 23.9 Å². The molecule has 25 heavy (non-hydrogen) atoms. The van der Waals surface area contributed by atoms with E-state index in [9.17, 15) is 14.4 Å². The molecule has 1 atom stereocenters. The van der Waals surface area contributed by atoms with Crippen LogP contribution in [0.25, 0.3) is 0 Å². The number of rotatable bonds is 5. The van der Waals surface area contributed by atoms with E-state index in [2.05, 4.69) is 10.6 Å². The third kappa shape index (κ3) is 4.95. The van der Waals surface area contributed by atoms with Crippen molar-refractivity contribution in [2.24, 2.45) is 0 Å². The smallest absolute Gasteiger partial charge is 0.258 e. The molecule has 1 aromatic carbocycles. The number of carbonyl (C=O) groups is 3. The largest absolute Gasteiger partial charge is 0.497 e. The molecule has 1 fully saturated rings. The fraction of sp³-hybridized carbons (Fsp3) is 0.500. The highest BCUT2D eigenvalue weighted by Gasteiger charge is 2.28. The zero-order valence-corrected chi connectivity index (χ0v) is 15.0. The maximum Gasteiger partial charge on any atom is 0.258 e. The molecule has 1 aromatic rings. The molecule has 7 nitrogen and oxygen atoms in total. The molecule has 1 aliphatic heterocycles. The van der Waals surface area contributed by atoms with E-state index in [0.717, 1.165) is 5.56 Å². The second kappa shape index (κ2) is 7.55. The van der Waals surface area contributed by atoms with Gasteiger partial charge in [0.05, 0.1) is 7.11 Å². The molecular formula is C18H24N2O5. The Morgan fingerprint density at radius 3 is 2.64 bits per heavy atom. The zero-order valence-electron chi connectivity index (χ0n) is 15.0. The lowest BCUT2D eigenvalue weighted by Crippen LogP contribution is -2.53. The summed E-state index contributed by atoms with van der Waals surface area (Å²) in [5.41, 5.74) is 0.727. The number of piperidine rings is 1. The van der Waals surface area contributed by atoms with Crippen molar-refractivity contribution in [3.8, 4) is 11.5 Å². The van der Waals surface area contributed by atoms with Crippen LogP contribution in [0.4, 0.5) is 0 Å². The first-order chi connectivity index (χ1) is 11.7. The van der Waals surface area contributed by atoms with E-state index in [-0.39, 0.29) is 24.3 Å². The molecule has 0 saturated carbocycles. The van der Waals surface area contributed by atoms with E-state index >= 15 is 0 Å². The summed E-state index contributed by atoms with van der Waals surface area (Å²) in [4.78, 5) is 34.9. The second-order valence-corrected chi connectivity index (χ2v) is 6.97. The maximum atomic E-state index is 12.1. The van der Waals surface area contributed by atoms with Gasteiger partial charge in [0.15, 0.2) is 6.61 Å². The van der Waals surface area contributed by atoms with Crippen molar-refractivity contribution in [1.82, 2.24) is 10.6 Å². The van der Waals surface area contributed by atoms with Gasteiger partial charge < -0.3 is 14.8 Å². The number of benzene rings is 1. The lowest BCUT2D eigenvalue weighted by Gasteiger charge is -2.24. The van der Waals surface area contributed by atoms with Crippen LogP contribution in [0.2, 0.25) is 0 Å². The molecule has 0 radical (unpaired) electrons. The summed E-state index contributed by atoms with van der Waals surface area (Å²) in [5.74, 6) is 0.0893. The number of ether oxygens (including phenoxy) is 2. The van der Waals surface area contributed by atoms with Gasteiger partial charge in [-0.3, -0.25) is 19.7 Å². The third-order valence-corrected chi connectivity index (χ3v) is 3.93. The van der Waals surface area contributed by atoms with Crippen LogP contribution in [0.5, 0.6) is 11.5 Å². The SMILES string of the molecule is COc1ccc(OCC(=O)NC2CCC(=O)NC2=O)c(C(C)(C)C)c1. The highest BCUT2D eigenvalue weighted by molar-refractivity contribution is 6.01. The summed E-state index contributed by atoms with van der Waals surface area (Å²) in [6.07, 6.45) is 0.510. The summed E-state index contributed by atoms with van der Waals surface area (Å²) >= 11 is 0. The Hall–Kier alpha value is -2.57. The first kappa shape index (κ1) is 18.8. The van der Waals surface area contributed by atoms with Crippen molar-refractivity contribution in [1.29, 1.82) is 0 Å². The molecule has 1 aliphatic rings. The highest BCUT2D eigenvalue weighted by Crippen LogP contribution is 2.34. The lowest BCUT2D eigenvalue weighted by atomic mass is 9.86. The Morgan fingerprint density at radius 1 is 1.32 bits per heavy atom. The molecule has 7 heteroatoms. The van der Waals surface area contributed by atoms with Crippen molar-refractivity contribution in [3.05, 3.63) is 23.8 Å². The number of carbonyl (C=O) groups excluding carboxylic acids is 3. The Kier molecular flexibility index (Phi) is 5.66. The number of amides is 3. The molecule has 0 spiro atoms. The fourth-order valence-corrected chi connectivity index (χ4v) is 2.56. The van der Waals surface area contributed by atoms with Gasteiger partial charge in [0, 0.05) is 12.0 Å². The monoisotopic (exact) mass is 348 g/mol. The highest BCUT2D eigenvalue weighted by atomic mass is 16.5. The molecule has 0 bridgehead atoms. The first-order valence-electron chi connectivity index (χ1n) is 8.15. The molecule has 1 unspecified atom stereocenters. The third-order valence-electron chi connectivity index (χ3n) is 3.93. The van der Waals surface area contributed by atoms with Gasteiger partial charge in [-0.2, -0.15) is 0 Å². The van der Waals surface area contributed by atoms with Crippen LogP contribution in [-0.2, 0) is 19.8 Å². The van der Waals surface area contributed by atoms with Crippen LogP contribution in [-0.4, -0.2) is 37.5 Å². The van der Waals surface area contributed by atoms with Gasteiger partial charge in [-0.25, -0.2) is 0 Å². The van der Waals surface area contributed by atoms with Crippen molar-refractivity contribution in [2.45, 2.75) is 45.1 Å². The van der Waals surface area contributed by atoms with Gasteiger partial charge >= 0.3 is 0 Å². The average Bonchev–Trinajstić information content (AvgIpc) is 2.54. The van der Waals surface area contributed by atoms with Gasteiger partial charge in [0.1, 0.15) is 17.5 Å². The van der Waals surface area contributed by atoms with Crippen LogP contribution < -0.4 is 20.1 Å². The minimum Gasteiger partial charge on any atom is -0.497 e. The molecule has 136 valence electrons. The van der Waals surface area contributed by atoms with Crippen LogP contribution in [0, 0.1) is 0 Å². The first-order valence-corrected chi connectivity index (χ1v) is 8.15. The van der Waals surface area contributed by atoms with Gasteiger partial charge in [0.25, 0.3) is 5.91 Å². The predicted octanol–water partition coefficient (Wildman–Crippen LogP) is 1.29. The summed E-state index contributed by atoms with van der Waals surface area (Å²) < 4.78 is 10.9. The quantitative estimate of drug-likeness (QED) is 0.782. The Labute approximate surface area is 147 Å². The minimum absolute atomic E-state index is 0.191. The van der Waals surface area contributed by atoms with Crippen LogP contribution in [0.3, 0.4) is 0 Å². The van der Waals surface area contributed by atoms with Gasteiger partial charge in [0.2, 0.25) is 11.8 Å². The number of methoxy groups -OCH3 is 1. The van der Waals surface area contributed by atoms with E-state index in [4.69, 9.17) is 9.47 Å². The number of hydrogen-bond acceptors (Lipinski definition) is 5. The van der Waals surface area contributed by atoms with Crippen LogP contribution in [0.15, 0.2) is 18.2 Å². The second-order valence-electron chi connectivity index (χ2n) is 6.97. The average molecular weight is 348 g/mol. The predicted molar refractivity (Wildman–Crippen MR) is 91.5 cm³/mol. The van der Waals surface area contributed by atoms with Crippen molar-refractivity contribution in [3.63, 3.8) is 0 Å². The molecule has 1 heterocycles. The Balaban J connectivity index is 2.00. The summed E-state index contributed by atoms with van der Waals surface area (Å²) in [7, 11) is 1.59. The molecule has 2 N–H and O–H groups in total. The van der Waals surface area contributed by atoms with Gasteiger partial charge in [-0.15, -0.1) is 0 Å². The fourth-order valence-electron chi connectivity index (χ4n) is 2.56.